The first-order valence-corrected chi connectivity index (χ1v) is 10.6. The second-order valence-corrected chi connectivity index (χ2v) is 7.84. The summed E-state index contributed by atoms with van der Waals surface area (Å²) in [4.78, 5) is 18.9. The lowest BCUT2D eigenvalue weighted by molar-refractivity contribution is -0.132. The summed E-state index contributed by atoms with van der Waals surface area (Å²) in [6.45, 7) is 5.94. The Morgan fingerprint density at radius 3 is 2.48 bits per heavy atom. The van der Waals surface area contributed by atoms with E-state index < -0.39 is 0 Å². The highest BCUT2D eigenvalue weighted by molar-refractivity contribution is 5.92. The van der Waals surface area contributed by atoms with Crippen LogP contribution < -0.4 is 20.5 Å². The van der Waals surface area contributed by atoms with E-state index in [4.69, 9.17) is 15.2 Å². The van der Waals surface area contributed by atoms with Gasteiger partial charge >= 0.3 is 0 Å². The number of carbonyl (C=O) groups excluding carboxylic acids is 1. The average Bonchev–Trinajstić information content (AvgIpc) is 2.77. The van der Waals surface area contributed by atoms with Gasteiger partial charge in [0.15, 0.2) is 17.5 Å². The monoisotopic (exact) mass is 424 g/mol. The number of nitrogens with one attached hydrogen (secondary N) is 1. The molecule has 0 atom stereocenters. The Labute approximate surface area is 184 Å². The molecule has 3 N–H and O–H groups in total. The summed E-state index contributed by atoms with van der Waals surface area (Å²) < 4.78 is 10.8. The number of ether oxygens (including phenoxy) is 2. The predicted molar refractivity (Wildman–Crippen MR) is 124 cm³/mol. The van der Waals surface area contributed by atoms with E-state index in [2.05, 4.69) is 24.2 Å². The van der Waals surface area contributed by atoms with E-state index in [9.17, 15) is 4.79 Å². The number of amides is 1. The number of aryl methyl sites for hydroxylation is 2. The third-order valence-electron chi connectivity index (χ3n) is 5.68. The lowest BCUT2D eigenvalue weighted by Crippen LogP contribution is -2.36. The smallest absolute Gasteiger partial charge is 0.222 e. The van der Waals surface area contributed by atoms with Gasteiger partial charge in [0, 0.05) is 31.7 Å². The largest absolute Gasteiger partial charge is 0.493 e. The van der Waals surface area contributed by atoms with E-state index in [1.165, 1.54) is 16.7 Å². The predicted octanol–water partition coefficient (Wildman–Crippen LogP) is 3.41. The van der Waals surface area contributed by atoms with Gasteiger partial charge in [0.1, 0.15) is 0 Å². The molecule has 0 spiro atoms. The first-order valence-electron chi connectivity index (χ1n) is 10.6. The number of anilines is 1. The van der Waals surface area contributed by atoms with Crippen LogP contribution in [0.5, 0.6) is 11.5 Å². The van der Waals surface area contributed by atoms with Crippen LogP contribution >= 0.6 is 0 Å². The SMILES string of the molecule is COc1cc2c(cc1OC)CN(C(=O)CCCN=C(N)Nc1ccc(C)c(C)c1)CC2. The second kappa shape index (κ2) is 10.2. The molecular weight excluding hydrogens is 392 g/mol. The molecule has 1 heterocycles. The molecule has 1 amide bonds. The molecule has 7 nitrogen and oxygen atoms in total. The summed E-state index contributed by atoms with van der Waals surface area (Å²) in [5.41, 5.74) is 11.6. The highest BCUT2D eigenvalue weighted by atomic mass is 16.5. The maximum absolute atomic E-state index is 12.7. The first-order chi connectivity index (χ1) is 14.9. The zero-order valence-corrected chi connectivity index (χ0v) is 18.8. The number of nitrogens with zero attached hydrogens (tertiary/aromatic N) is 2. The van der Waals surface area contributed by atoms with Crippen LogP contribution in [0.2, 0.25) is 0 Å². The van der Waals surface area contributed by atoms with Crippen LogP contribution in [0.3, 0.4) is 0 Å². The second-order valence-electron chi connectivity index (χ2n) is 7.84. The van der Waals surface area contributed by atoms with Crippen molar-refractivity contribution >= 4 is 17.6 Å². The number of methoxy groups -OCH3 is 2. The quantitative estimate of drug-likeness (QED) is 0.404. The van der Waals surface area contributed by atoms with Gasteiger partial charge in [0.25, 0.3) is 0 Å². The number of benzene rings is 2. The molecule has 166 valence electrons. The Balaban J connectivity index is 1.49. The van der Waals surface area contributed by atoms with Gasteiger partial charge in [-0.1, -0.05) is 6.07 Å². The fourth-order valence-corrected chi connectivity index (χ4v) is 3.69. The van der Waals surface area contributed by atoms with Crippen molar-refractivity contribution in [3.05, 3.63) is 52.6 Å². The van der Waals surface area contributed by atoms with E-state index in [0.29, 0.717) is 44.2 Å². The lowest BCUT2D eigenvalue weighted by atomic mass is 9.98. The van der Waals surface area contributed by atoms with Gasteiger partial charge in [-0.3, -0.25) is 9.79 Å². The third kappa shape index (κ3) is 5.69. The van der Waals surface area contributed by atoms with Gasteiger partial charge in [-0.25, -0.2) is 0 Å². The van der Waals surface area contributed by atoms with Crippen molar-refractivity contribution < 1.29 is 14.3 Å². The van der Waals surface area contributed by atoms with Crippen LogP contribution in [0.15, 0.2) is 35.3 Å². The zero-order valence-electron chi connectivity index (χ0n) is 18.8. The molecule has 0 saturated carbocycles. The van der Waals surface area contributed by atoms with Gasteiger partial charge in [-0.15, -0.1) is 0 Å². The molecule has 0 radical (unpaired) electrons. The molecule has 0 fully saturated rings. The number of rotatable bonds is 7. The Morgan fingerprint density at radius 2 is 1.81 bits per heavy atom. The van der Waals surface area contributed by atoms with Gasteiger partial charge in [0.05, 0.1) is 14.2 Å². The Kier molecular flexibility index (Phi) is 7.39. The Morgan fingerprint density at radius 1 is 1.10 bits per heavy atom. The molecule has 3 rings (SSSR count). The van der Waals surface area contributed by atoms with Crippen molar-refractivity contribution in [1.29, 1.82) is 0 Å². The average molecular weight is 425 g/mol. The number of guanidine groups is 1. The summed E-state index contributed by atoms with van der Waals surface area (Å²) in [5, 5.41) is 3.10. The van der Waals surface area contributed by atoms with Crippen molar-refractivity contribution in [1.82, 2.24) is 4.90 Å². The molecule has 0 saturated heterocycles. The molecule has 0 bridgehead atoms. The minimum Gasteiger partial charge on any atom is -0.493 e. The van der Waals surface area contributed by atoms with Crippen LogP contribution in [0.1, 0.15) is 35.1 Å². The van der Waals surface area contributed by atoms with Crippen molar-refractivity contribution in [2.24, 2.45) is 10.7 Å². The number of aliphatic imine (C=N–C) groups is 1. The Hall–Kier alpha value is -3.22. The van der Waals surface area contributed by atoms with Crippen LogP contribution in [-0.4, -0.2) is 44.1 Å². The van der Waals surface area contributed by atoms with Crippen LogP contribution in [-0.2, 0) is 17.8 Å². The van der Waals surface area contributed by atoms with Gasteiger partial charge in [-0.2, -0.15) is 0 Å². The first kappa shape index (κ1) is 22.5. The lowest BCUT2D eigenvalue weighted by Gasteiger charge is -2.29. The van der Waals surface area contributed by atoms with Crippen molar-refractivity contribution in [3.63, 3.8) is 0 Å². The minimum atomic E-state index is 0.135. The summed E-state index contributed by atoms with van der Waals surface area (Å²) in [6.07, 6.45) is 1.92. The summed E-state index contributed by atoms with van der Waals surface area (Å²) in [5.74, 6) is 1.92. The maximum atomic E-state index is 12.7. The molecule has 31 heavy (non-hydrogen) atoms. The number of fused-ring (bicyclic) bond motifs is 1. The van der Waals surface area contributed by atoms with Crippen molar-refractivity contribution in [2.45, 2.75) is 39.7 Å². The fraction of sp³-hybridized carbons (Fsp3) is 0.417. The van der Waals surface area contributed by atoms with E-state index in [0.717, 1.165) is 23.4 Å². The molecule has 0 aromatic heterocycles. The van der Waals surface area contributed by atoms with E-state index in [-0.39, 0.29) is 5.91 Å². The van der Waals surface area contributed by atoms with Crippen molar-refractivity contribution in [2.75, 3.05) is 32.6 Å². The fourth-order valence-electron chi connectivity index (χ4n) is 3.69. The standard InChI is InChI=1S/C24H32N4O3/c1-16-7-8-20(12-17(16)2)27-24(25)26-10-5-6-23(29)28-11-9-18-13-21(30-3)22(31-4)14-19(18)15-28/h7-8,12-14H,5-6,9-11,15H2,1-4H3,(H3,25,26,27). The highest BCUT2D eigenvalue weighted by Gasteiger charge is 2.22. The van der Waals surface area contributed by atoms with E-state index in [1.807, 2.05) is 35.2 Å². The van der Waals surface area contributed by atoms with Gasteiger partial charge in [-0.05, 0) is 73.2 Å². The molecule has 2 aromatic rings. The molecule has 2 aromatic carbocycles. The Bertz CT molecular complexity index is 972. The summed E-state index contributed by atoms with van der Waals surface area (Å²) >= 11 is 0. The topological polar surface area (TPSA) is 89.2 Å². The van der Waals surface area contributed by atoms with Crippen LogP contribution in [0.25, 0.3) is 0 Å². The van der Waals surface area contributed by atoms with Gasteiger partial charge < -0.3 is 25.4 Å². The number of carbonyl (C=O) groups is 1. The van der Waals surface area contributed by atoms with Gasteiger partial charge in [0.2, 0.25) is 5.91 Å². The van der Waals surface area contributed by atoms with Crippen LogP contribution in [0, 0.1) is 13.8 Å². The number of hydrogen-bond donors (Lipinski definition) is 2. The van der Waals surface area contributed by atoms with E-state index >= 15 is 0 Å². The maximum Gasteiger partial charge on any atom is 0.222 e. The number of hydrogen-bond acceptors (Lipinski definition) is 4. The molecule has 0 aliphatic carbocycles. The molecule has 0 unspecified atom stereocenters. The summed E-state index contributed by atoms with van der Waals surface area (Å²) in [6, 6.07) is 10.0. The highest BCUT2D eigenvalue weighted by Crippen LogP contribution is 2.33. The third-order valence-corrected chi connectivity index (χ3v) is 5.68. The molecule has 7 heteroatoms. The minimum absolute atomic E-state index is 0.135. The molecule has 1 aliphatic heterocycles. The molecular formula is C24H32N4O3. The van der Waals surface area contributed by atoms with Crippen molar-refractivity contribution in [3.8, 4) is 11.5 Å². The molecule has 1 aliphatic rings. The summed E-state index contributed by atoms with van der Waals surface area (Å²) in [7, 11) is 3.26. The normalized spacial score (nSPS) is 13.5. The number of nitrogens with two attached hydrogens (primary N) is 1. The van der Waals surface area contributed by atoms with E-state index in [1.54, 1.807) is 14.2 Å². The zero-order chi connectivity index (χ0) is 22.4. The van der Waals surface area contributed by atoms with Crippen LogP contribution in [0.4, 0.5) is 5.69 Å².